The van der Waals surface area contributed by atoms with E-state index in [1.807, 2.05) is 16.7 Å². The van der Waals surface area contributed by atoms with Crippen LogP contribution in [0.5, 0.6) is 0 Å². The number of hydrogen-bond acceptors (Lipinski definition) is 6. The molecule has 2 atom stereocenters. The summed E-state index contributed by atoms with van der Waals surface area (Å²) in [6.45, 7) is 7.17. The van der Waals surface area contributed by atoms with Crippen LogP contribution in [0, 0.1) is 0 Å². The molecule has 39 heavy (non-hydrogen) atoms. The van der Waals surface area contributed by atoms with Crippen LogP contribution < -0.4 is 16.4 Å². The van der Waals surface area contributed by atoms with Gasteiger partial charge in [-0.2, -0.15) is 0 Å². The van der Waals surface area contributed by atoms with Crippen molar-refractivity contribution < 1.29 is 23.1 Å². The van der Waals surface area contributed by atoms with E-state index in [0.717, 1.165) is 11.9 Å². The van der Waals surface area contributed by atoms with E-state index in [4.69, 9.17) is 10.5 Å². The first-order chi connectivity index (χ1) is 18.7. The number of aliphatic imine (C=N–C) groups is 1. The second kappa shape index (κ2) is 14.0. The Kier molecular flexibility index (Phi) is 10.5. The van der Waals surface area contributed by atoms with Gasteiger partial charge in [-0.15, -0.1) is 0 Å². The molecule has 0 aliphatic carbocycles. The van der Waals surface area contributed by atoms with Gasteiger partial charge in [0.15, 0.2) is 0 Å². The summed E-state index contributed by atoms with van der Waals surface area (Å²) in [5.41, 5.74) is 8.29. The van der Waals surface area contributed by atoms with E-state index < -0.39 is 30.9 Å². The fourth-order valence-electron chi connectivity index (χ4n) is 3.92. The summed E-state index contributed by atoms with van der Waals surface area (Å²) in [5.74, 6) is -0.614. The van der Waals surface area contributed by atoms with Gasteiger partial charge in [0.25, 0.3) is 0 Å². The number of cyclic esters (lactones) is 1. The molecule has 1 unspecified atom stereocenters. The average molecular weight is 542 g/mol. The Morgan fingerprint density at radius 3 is 2.72 bits per heavy atom. The van der Waals surface area contributed by atoms with Crippen LogP contribution in [0.2, 0.25) is 0 Å². The summed E-state index contributed by atoms with van der Waals surface area (Å²) >= 11 is 0. The Morgan fingerprint density at radius 2 is 2.08 bits per heavy atom. The molecular formula is C27H33F2N7O3. The fourth-order valence-corrected chi connectivity index (χ4v) is 3.92. The van der Waals surface area contributed by atoms with Gasteiger partial charge >= 0.3 is 6.09 Å². The van der Waals surface area contributed by atoms with Gasteiger partial charge < -0.3 is 20.4 Å². The van der Waals surface area contributed by atoms with Gasteiger partial charge in [0.05, 0.1) is 31.4 Å². The number of ether oxygens (including phenoxy) is 1. The first-order valence-corrected chi connectivity index (χ1v) is 12.3. The Bertz CT molecular complexity index is 1250. The molecule has 1 aliphatic rings. The summed E-state index contributed by atoms with van der Waals surface area (Å²) in [5, 5.41) is 5.53. The molecule has 1 aromatic heterocycles. The molecule has 12 heteroatoms. The maximum atomic E-state index is 14.5. The number of halogens is 2. The molecule has 1 aromatic carbocycles. The van der Waals surface area contributed by atoms with Gasteiger partial charge in [0, 0.05) is 37.5 Å². The third-order valence-electron chi connectivity index (χ3n) is 5.84. The molecule has 2 aromatic rings. The number of nitrogens with two attached hydrogens (primary N) is 1. The van der Waals surface area contributed by atoms with E-state index >= 15 is 0 Å². The number of amides is 2. The number of aromatic nitrogens is 2. The maximum Gasteiger partial charge on any atom is 0.414 e. The number of nitrogens with one attached hydrogen (secondary N) is 2. The first kappa shape index (κ1) is 29.2. The van der Waals surface area contributed by atoms with Crippen molar-refractivity contribution in [3.8, 4) is 0 Å². The van der Waals surface area contributed by atoms with Crippen LogP contribution in [0.3, 0.4) is 0 Å². The Balaban J connectivity index is 1.64. The van der Waals surface area contributed by atoms with Gasteiger partial charge in [0.1, 0.15) is 24.8 Å². The molecular weight excluding hydrogens is 508 g/mol. The van der Waals surface area contributed by atoms with E-state index in [2.05, 4.69) is 27.2 Å². The molecule has 3 rings (SSSR count). The summed E-state index contributed by atoms with van der Waals surface area (Å²) in [6.07, 6.45) is 6.10. The normalized spacial score (nSPS) is 17.0. The van der Waals surface area contributed by atoms with Crippen molar-refractivity contribution in [2.45, 2.75) is 32.7 Å². The minimum absolute atomic E-state index is 0.128. The third kappa shape index (κ3) is 8.34. The van der Waals surface area contributed by atoms with Crippen LogP contribution in [0.4, 0.5) is 13.6 Å². The Morgan fingerprint density at radius 1 is 1.33 bits per heavy atom. The highest BCUT2D eigenvalue weighted by molar-refractivity contribution is 5.77. The highest BCUT2D eigenvalue weighted by Crippen LogP contribution is 2.24. The molecule has 208 valence electrons. The predicted octanol–water partition coefficient (Wildman–Crippen LogP) is 3.20. The fraction of sp³-hybridized carbons (Fsp3) is 0.333. The van der Waals surface area contributed by atoms with E-state index in [9.17, 15) is 18.4 Å². The minimum Gasteiger partial charge on any atom is -0.442 e. The summed E-state index contributed by atoms with van der Waals surface area (Å²) in [7, 11) is 0. The molecule has 1 aliphatic heterocycles. The number of imidazole rings is 1. The highest BCUT2D eigenvalue weighted by atomic mass is 19.1. The number of carbonyl (C=O) groups excluding carboxylic acids is 2. The van der Waals surface area contributed by atoms with Crippen molar-refractivity contribution in [3.05, 3.63) is 83.9 Å². The van der Waals surface area contributed by atoms with Crippen LogP contribution in [-0.2, 0) is 16.1 Å². The summed E-state index contributed by atoms with van der Waals surface area (Å²) < 4.78 is 34.1. The Labute approximate surface area is 225 Å². The summed E-state index contributed by atoms with van der Waals surface area (Å²) in [4.78, 5) is 33.1. The molecule has 4 N–H and O–H groups in total. The standard InChI is InChI=1S/C27H33F2N7O3/c1-18(36-14-23(39-27(36)38)12-32-20(3)37)4-9-24(19(2)29)22-7-5-21(6-8-22)13-35-15-25(34-17-35)26(33-16-30)31-11-10-28/h4-9,15-17,23,26,31H,1,10-14H2,2-3H3,(H2,30,33)(H,32,37)/b9-4-,24-19-/t23-,26?/m0/s1. The number of allylic oxidation sites excluding steroid dienone is 4. The van der Waals surface area contributed by atoms with Gasteiger partial charge in [0.2, 0.25) is 5.91 Å². The van der Waals surface area contributed by atoms with Crippen LogP contribution in [0.15, 0.2) is 72.0 Å². The second-order valence-electron chi connectivity index (χ2n) is 8.84. The van der Waals surface area contributed by atoms with E-state index in [1.165, 1.54) is 18.7 Å². The molecule has 0 bridgehead atoms. The lowest BCUT2D eigenvalue weighted by molar-refractivity contribution is -0.119. The number of benzene rings is 1. The molecule has 1 saturated heterocycles. The number of nitrogens with zero attached hydrogens (tertiary/aromatic N) is 4. The van der Waals surface area contributed by atoms with Crippen molar-refractivity contribution >= 4 is 23.9 Å². The van der Waals surface area contributed by atoms with E-state index in [1.54, 1.807) is 36.8 Å². The van der Waals surface area contributed by atoms with Crippen molar-refractivity contribution in [2.75, 3.05) is 26.3 Å². The number of carbonyl (C=O) groups is 2. The summed E-state index contributed by atoms with van der Waals surface area (Å²) in [6, 6.07) is 7.36. The van der Waals surface area contributed by atoms with Gasteiger partial charge in [-0.1, -0.05) is 30.8 Å². The van der Waals surface area contributed by atoms with Gasteiger partial charge in [-0.05, 0) is 30.2 Å². The lowest BCUT2D eigenvalue weighted by atomic mass is 10.0. The van der Waals surface area contributed by atoms with Crippen LogP contribution in [0.1, 0.15) is 36.8 Å². The molecule has 2 amide bonds. The predicted molar refractivity (Wildman–Crippen MR) is 145 cm³/mol. The molecule has 1 fully saturated rings. The average Bonchev–Trinajstić information content (AvgIpc) is 3.52. The molecule has 2 heterocycles. The van der Waals surface area contributed by atoms with Gasteiger partial charge in [-0.3, -0.25) is 20.0 Å². The Hall–Kier alpha value is -4.32. The zero-order valence-corrected chi connectivity index (χ0v) is 21.9. The van der Waals surface area contributed by atoms with Crippen molar-refractivity contribution in [3.63, 3.8) is 0 Å². The van der Waals surface area contributed by atoms with Crippen LogP contribution >= 0.6 is 0 Å². The smallest absolute Gasteiger partial charge is 0.414 e. The zero-order valence-electron chi connectivity index (χ0n) is 21.9. The molecule has 0 radical (unpaired) electrons. The molecule has 0 saturated carbocycles. The van der Waals surface area contributed by atoms with Crippen molar-refractivity contribution in [1.82, 2.24) is 25.1 Å². The molecule has 10 nitrogen and oxygen atoms in total. The van der Waals surface area contributed by atoms with E-state index in [-0.39, 0.29) is 25.5 Å². The highest BCUT2D eigenvalue weighted by Gasteiger charge is 2.32. The lowest BCUT2D eigenvalue weighted by Gasteiger charge is -2.13. The number of hydrogen-bond donors (Lipinski definition) is 3. The van der Waals surface area contributed by atoms with E-state index in [0.29, 0.717) is 29.1 Å². The monoisotopic (exact) mass is 541 g/mol. The number of rotatable bonds is 13. The third-order valence-corrected chi connectivity index (χ3v) is 5.84. The molecule has 0 spiro atoms. The quantitative estimate of drug-likeness (QED) is 0.203. The maximum absolute atomic E-state index is 14.5. The van der Waals surface area contributed by atoms with Crippen LogP contribution in [-0.4, -0.2) is 65.2 Å². The minimum atomic E-state index is -0.575. The van der Waals surface area contributed by atoms with Crippen LogP contribution in [0.25, 0.3) is 5.57 Å². The topological polar surface area (TPSA) is 127 Å². The zero-order chi connectivity index (χ0) is 28.4. The van der Waals surface area contributed by atoms with Crippen molar-refractivity contribution in [1.29, 1.82) is 0 Å². The lowest BCUT2D eigenvalue weighted by Crippen LogP contribution is -2.32. The SMILES string of the molecule is C=C(/C=C\C(=C(/C)F)c1ccc(Cn2cnc(C(/N=C\N)NCCF)c2)cc1)N1C[C@H](CNC(C)=O)OC1=O. The first-order valence-electron chi connectivity index (χ1n) is 12.3. The second-order valence-corrected chi connectivity index (χ2v) is 8.84. The van der Waals surface area contributed by atoms with Gasteiger partial charge in [-0.25, -0.2) is 18.6 Å². The largest absolute Gasteiger partial charge is 0.442 e. The van der Waals surface area contributed by atoms with Crippen molar-refractivity contribution in [2.24, 2.45) is 10.7 Å². The number of alkyl halides is 1.